The molecular formula is C7H13NaO3. The van der Waals surface area contributed by atoms with Crippen LogP contribution in [-0.4, -0.2) is 18.7 Å². The van der Waals surface area contributed by atoms with E-state index in [-0.39, 0.29) is 29.6 Å². The van der Waals surface area contributed by atoms with Crippen molar-refractivity contribution in [3.8, 4) is 0 Å². The van der Waals surface area contributed by atoms with E-state index in [1.54, 1.807) is 6.92 Å². The molecule has 60 valence electrons. The van der Waals surface area contributed by atoms with Gasteiger partial charge in [0, 0.05) is 6.61 Å². The Morgan fingerprint density at radius 1 is 1.55 bits per heavy atom. The molecule has 0 heterocycles. The van der Waals surface area contributed by atoms with Gasteiger partial charge in [0.1, 0.15) is 0 Å². The zero-order valence-electron chi connectivity index (χ0n) is 7.42. The molecule has 0 fully saturated rings. The van der Waals surface area contributed by atoms with Crippen LogP contribution in [0.2, 0.25) is 0 Å². The van der Waals surface area contributed by atoms with Crippen molar-refractivity contribution in [2.45, 2.75) is 32.8 Å². The summed E-state index contributed by atoms with van der Waals surface area (Å²) in [6.45, 7) is 4.11. The number of ether oxygens (including phenoxy) is 1. The molecule has 0 aromatic carbocycles. The van der Waals surface area contributed by atoms with Gasteiger partial charge in [0.15, 0.2) is 0 Å². The summed E-state index contributed by atoms with van der Waals surface area (Å²) in [6.07, 6.45) is 0.629. The fourth-order valence-corrected chi connectivity index (χ4v) is 0.733. The van der Waals surface area contributed by atoms with Crippen molar-refractivity contribution >= 4 is 5.97 Å². The molecule has 0 aromatic heterocycles. The van der Waals surface area contributed by atoms with E-state index < -0.39 is 12.1 Å². The maximum atomic E-state index is 10.2. The van der Waals surface area contributed by atoms with Crippen LogP contribution < -0.4 is 34.7 Å². The quantitative estimate of drug-likeness (QED) is 0.410. The van der Waals surface area contributed by atoms with E-state index in [1.165, 1.54) is 0 Å². The second kappa shape index (κ2) is 8.53. The minimum absolute atomic E-state index is 0. The van der Waals surface area contributed by atoms with Crippen molar-refractivity contribution in [1.82, 2.24) is 0 Å². The maximum Gasteiger partial charge on any atom is 1.00 e. The summed E-state index contributed by atoms with van der Waals surface area (Å²) < 4.78 is 4.88. The van der Waals surface area contributed by atoms with Gasteiger partial charge in [-0.05, 0) is 13.3 Å². The monoisotopic (exact) mass is 168 g/mol. The molecule has 0 saturated heterocycles. The van der Waals surface area contributed by atoms with E-state index in [9.17, 15) is 9.90 Å². The third-order valence-corrected chi connectivity index (χ3v) is 1.18. The Balaban J connectivity index is 0. The van der Waals surface area contributed by atoms with Crippen LogP contribution in [0.3, 0.4) is 0 Å². The molecule has 0 saturated carbocycles. The van der Waals surface area contributed by atoms with Crippen LogP contribution in [0.15, 0.2) is 0 Å². The summed E-state index contributed by atoms with van der Waals surface area (Å²) in [4.78, 5) is 10.2. The van der Waals surface area contributed by atoms with Gasteiger partial charge in [0.05, 0.1) is 12.1 Å². The number of hydrogen-bond donors (Lipinski definition) is 0. The summed E-state index contributed by atoms with van der Waals surface area (Å²) in [5, 5.41) is 10.2. The first-order chi connectivity index (χ1) is 4.72. The van der Waals surface area contributed by atoms with Crippen LogP contribution in [0.4, 0.5) is 0 Å². The molecule has 0 amide bonds. The molecule has 0 spiro atoms. The Morgan fingerprint density at radius 3 is 2.36 bits per heavy atom. The number of carboxylic acids is 1. The third kappa shape index (κ3) is 6.81. The average molecular weight is 168 g/mol. The van der Waals surface area contributed by atoms with Gasteiger partial charge in [-0.2, -0.15) is 0 Å². The molecule has 0 aliphatic heterocycles. The van der Waals surface area contributed by atoms with E-state index >= 15 is 0 Å². The first-order valence-corrected chi connectivity index (χ1v) is 3.54. The molecule has 0 radical (unpaired) electrons. The number of hydrogen-bond acceptors (Lipinski definition) is 3. The van der Waals surface area contributed by atoms with Crippen LogP contribution in [0.1, 0.15) is 26.7 Å². The zero-order chi connectivity index (χ0) is 7.98. The van der Waals surface area contributed by atoms with Crippen LogP contribution in [0.5, 0.6) is 0 Å². The Labute approximate surface area is 89.4 Å². The largest absolute Gasteiger partial charge is 1.00 e. The average Bonchev–Trinajstić information content (AvgIpc) is 1.87. The van der Waals surface area contributed by atoms with Crippen molar-refractivity contribution in [3.05, 3.63) is 0 Å². The molecule has 11 heavy (non-hydrogen) atoms. The zero-order valence-corrected chi connectivity index (χ0v) is 9.42. The first-order valence-electron chi connectivity index (χ1n) is 3.54. The van der Waals surface area contributed by atoms with Gasteiger partial charge in [0.2, 0.25) is 0 Å². The minimum Gasteiger partial charge on any atom is -0.547 e. The summed E-state index contributed by atoms with van der Waals surface area (Å²) >= 11 is 0. The first kappa shape index (κ1) is 14.0. The van der Waals surface area contributed by atoms with Crippen LogP contribution in [-0.2, 0) is 9.53 Å². The summed E-state index contributed by atoms with van der Waals surface area (Å²) in [7, 11) is 0. The van der Waals surface area contributed by atoms with Gasteiger partial charge in [-0.3, -0.25) is 0 Å². The molecule has 0 aromatic rings. The fourth-order valence-electron chi connectivity index (χ4n) is 0.733. The maximum absolute atomic E-state index is 10.2. The normalized spacial score (nSPS) is 11.8. The van der Waals surface area contributed by atoms with Gasteiger partial charge < -0.3 is 14.6 Å². The Bertz CT molecular complexity index is 99.9. The molecule has 4 heteroatoms. The number of aliphatic carboxylic acids is 1. The van der Waals surface area contributed by atoms with Gasteiger partial charge in [-0.25, -0.2) is 0 Å². The van der Waals surface area contributed by atoms with Crippen molar-refractivity contribution in [2.75, 3.05) is 6.61 Å². The molecule has 1 atom stereocenters. The molecule has 0 aliphatic carbocycles. The van der Waals surface area contributed by atoms with E-state index in [0.717, 1.165) is 6.42 Å². The second-order valence-electron chi connectivity index (χ2n) is 2.05. The summed E-state index contributed by atoms with van der Waals surface area (Å²) in [5.41, 5.74) is 0. The third-order valence-electron chi connectivity index (χ3n) is 1.18. The molecule has 0 N–H and O–H groups in total. The van der Waals surface area contributed by atoms with Gasteiger partial charge in [-0.1, -0.05) is 13.3 Å². The predicted octanol–water partition coefficient (Wildman–Crippen LogP) is -3.05. The molecule has 0 aliphatic rings. The van der Waals surface area contributed by atoms with Crippen molar-refractivity contribution < 1.29 is 44.2 Å². The number of carbonyl (C=O) groups excluding carboxylic acids is 1. The minimum atomic E-state index is -1.11. The predicted molar refractivity (Wildman–Crippen MR) is 35.3 cm³/mol. The molecule has 0 rings (SSSR count). The van der Waals surface area contributed by atoms with Gasteiger partial charge in [-0.15, -0.1) is 0 Å². The molecule has 3 nitrogen and oxygen atoms in total. The van der Waals surface area contributed by atoms with Crippen LogP contribution in [0, 0.1) is 0 Å². The standard InChI is InChI=1S/C7H14O3.Na/c1-3-5-6(7(8)9)10-4-2;/h6H,3-5H2,1-2H3,(H,8,9);/q;+1/p-1. The Hall–Kier alpha value is 0.430. The van der Waals surface area contributed by atoms with E-state index in [2.05, 4.69) is 0 Å². The topological polar surface area (TPSA) is 49.4 Å². The van der Waals surface area contributed by atoms with Crippen LogP contribution >= 0.6 is 0 Å². The molecule has 1 unspecified atom stereocenters. The number of carboxylic acid groups (broad SMARTS) is 1. The van der Waals surface area contributed by atoms with E-state index in [1.807, 2.05) is 6.92 Å². The number of rotatable bonds is 5. The molecule has 0 bridgehead atoms. The smallest absolute Gasteiger partial charge is 0.547 e. The molecular weight excluding hydrogens is 155 g/mol. The number of carbonyl (C=O) groups is 1. The Kier molecular flexibility index (Phi) is 10.8. The van der Waals surface area contributed by atoms with Crippen molar-refractivity contribution in [1.29, 1.82) is 0 Å². The van der Waals surface area contributed by atoms with E-state index in [4.69, 9.17) is 4.74 Å². The van der Waals surface area contributed by atoms with Gasteiger partial charge >= 0.3 is 29.6 Å². The fraction of sp³-hybridized carbons (Fsp3) is 0.857. The SMILES string of the molecule is CCCC(OCC)C(=O)[O-].[Na+]. The van der Waals surface area contributed by atoms with Crippen LogP contribution in [0.25, 0.3) is 0 Å². The Morgan fingerprint density at radius 2 is 2.09 bits per heavy atom. The van der Waals surface area contributed by atoms with Crippen molar-refractivity contribution in [2.24, 2.45) is 0 Å². The van der Waals surface area contributed by atoms with Gasteiger partial charge in [0.25, 0.3) is 0 Å². The van der Waals surface area contributed by atoms with E-state index in [0.29, 0.717) is 13.0 Å². The summed E-state index contributed by atoms with van der Waals surface area (Å²) in [6, 6.07) is 0. The second-order valence-corrected chi connectivity index (χ2v) is 2.05. The van der Waals surface area contributed by atoms with Crippen molar-refractivity contribution in [3.63, 3.8) is 0 Å². The summed E-state index contributed by atoms with van der Waals surface area (Å²) in [5.74, 6) is -1.11.